The third-order valence-electron chi connectivity index (χ3n) is 3.02. The predicted octanol–water partition coefficient (Wildman–Crippen LogP) is 1.22. The van der Waals surface area contributed by atoms with Crippen molar-refractivity contribution in [2.24, 2.45) is 13.0 Å². The van der Waals surface area contributed by atoms with Gasteiger partial charge in [-0.15, -0.1) is 0 Å². The molecule has 5 nitrogen and oxygen atoms in total. The molecule has 17 heavy (non-hydrogen) atoms. The average Bonchev–Trinajstić information content (AvgIpc) is 2.76. The third kappa shape index (κ3) is 2.71. The first-order valence-corrected chi connectivity index (χ1v) is 8.15. The van der Waals surface area contributed by atoms with E-state index in [9.17, 15) is 8.42 Å². The van der Waals surface area contributed by atoms with Crippen LogP contribution in [0.3, 0.4) is 0 Å². The minimum absolute atomic E-state index is 0.287. The second-order valence-electron chi connectivity index (χ2n) is 4.38. The number of halogens is 1. The zero-order valence-electron chi connectivity index (χ0n) is 9.71. The molecule has 0 saturated carbocycles. The van der Waals surface area contributed by atoms with Crippen LogP contribution < -0.4 is 0 Å². The van der Waals surface area contributed by atoms with E-state index in [0.717, 1.165) is 18.2 Å². The molecule has 0 radical (unpaired) electrons. The lowest BCUT2D eigenvalue weighted by atomic mass is 10.0. The van der Waals surface area contributed by atoms with Crippen molar-refractivity contribution >= 4 is 26.0 Å². The summed E-state index contributed by atoms with van der Waals surface area (Å²) in [5.41, 5.74) is 0. The fourth-order valence-electron chi connectivity index (χ4n) is 2.05. The molecule has 2 rings (SSSR count). The lowest BCUT2D eigenvalue weighted by molar-refractivity contribution is 0.285. The summed E-state index contributed by atoms with van der Waals surface area (Å²) >= 11 is 3.43. The van der Waals surface area contributed by atoms with E-state index in [-0.39, 0.29) is 4.90 Å². The van der Waals surface area contributed by atoms with Gasteiger partial charge in [0, 0.05) is 31.7 Å². The van der Waals surface area contributed by atoms with Gasteiger partial charge in [0.15, 0.2) is 0 Å². The number of nitrogens with zero attached hydrogens (tertiary/aromatic N) is 3. The Balaban J connectivity index is 2.21. The maximum Gasteiger partial charge on any atom is 0.246 e. The minimum Gasteiger partial charge on any atom is -0.274 e. The van der Waals surface area contributed by atoms with Gasteiger partial charge >= 0.3 is 0 Å². The van der Waals surface area contributed by atoms with Crippen molar-refractivity contribution in [3.8, 4) is 0 Å². The molecule has 0 amide bonds. The Labute approximate surface area is 110 Å². The van der Waals surface area contributed by atoms with Crippen molar-refractivity contribution in [1.82, 2.24) is 14.1 Å². The lowest BCUT2D eigenvalue weighted by Gasteiger charge is -2.30. The van der Waals surface area contributed by atoms with Crippen molar-refractivity contribution in [3.05, 3.63) is 12.4 Å². The molecule has 1 aromatic rings. The largest absolute Gasteiger partial charge is 0.274 e. The Morgan fingerprint density at radius 1 is 1.59 bits per heavy atom. The van der Waals surface area contributed by atoms with Crippen molar-refractivity contribution in [3.63, 3.8) is 0 Å². The van der Waals surface area contributed by atoms with Gasteiger partial charge in [0.2, 0.25) is 10.0 Å². The summed E-state index contributed by atoms with van der Waals surface area (Å²) in [5.74, 6) is 0.412. The smallest absolute Gasteiger partial charge is 0.246 e. The van der Waals surface area contributed by atoms with E-state index in [1.165, 1.54) is 10.9 Å². The fraction of sp³-hybridized carbons (Fsp3) is 0.700. The molecule has 2 heterocycles. The maximum atomic E-state index is 12.3. The fourth-order valence-corrected chi connectivity index (χ4v) is 4.12. The maximum absolute atomic E-state index is 12.3. The van der Waals surface area contributed by atoms with Gasteiger partial charge in [-0.25, -0.2) is 8.42 Å². The molecule has 0 aromatic carbocycles. The first kappa shape index (κ1) is 13.0. The molecule has 0 spiro atoms. The molecule has 1 unspecified atom stereocenters. The van der Waals surface area contributed by atoms with Gasteiger partial charge in [0.25, 0.3) is 0 Å². The van der Waals surface area contributed by atoms with E-state index in [4.69, 9.17) is 0 Å². The molecule has 0 N–H and O–H groups in total. The van der Waals surface area contributed by atoms with Crippen LogP contribution in [0.25, 0.3) is 0 Å². The first-order chi connectivity index (χ1) is 8.04. The number of aromatic nitrogens is 2. The molecule has 96 valence electrons. The Kier molecular flexibility index (Phi) is 3.89. The van der Waals surface area contributed by atoms with Gasteiger partial charge in [-0.2, -0.15) is 9.40 Å². The van der Waals surface area contributed by atoms with Crippen LogP contribution in [0.5, 0.6) is 0 Å². The van der Waals surface area contributed by atoms with Gasteiger partial charge in [0.05, 0.1) is 6.20 Å². The highest BCUT2D eigenvalue weighted by Gasteiger charge is 2.30. The highest BCUT2D eigenvalue weighted by molar-refractivity contribution is 9.09. The summed E-state index contributed by atoms with van der Waals surface area (Å²) in [6.07, 6.45) is 4.97. The van der Waals surface area contributed by atoms with Gasteiger partial charge in [0.1, 0.15) is 4.90 Å². The van der Waals surface area contributed by atoms with Crippen LogP contribution in [0.2, 0.25) is 0 Å². The van der Waals surface area contributed by atoms with Crippen LogP contribution in [0.1, 0.15) is 12.8 Å². The summed E-state index contributed by atoms with van der Waals surface area (Å²) in [7, 11) is -1.64. The van der Waals surface area contributed by atoms with Crippen molar-refractivity contribution in [2.45, 2.75) is 17.7 Å². The molecular weight excluding hydrogens is 306 g/mol. The SMILES string of the molecule is Cn1cc(S(=O)(=O)N2CCCC(CBr)C2)cn1. The van der Waals surface area contributed by atoms with Gasteiger partial charge in [-0.1, -0.05) is 15.9 Å². The normalized spacial score (nSPS) is 22.8. The molecule has 1 aromatic heterocycles. The monoisotopic (exact) mass is 321 g/mol. The highest BCUT2D eigenvalue weighted by atomic mass is 79.9. The predicted molar refractivity (Wildman–Crippen MR) is 68.5 cm³/mol. The van der Waals surface area contributed by atoms with Crippen LogP contribution in [0.4, 0.5) is 0 Å². The van der Waals surface area contributed by atoms with Crippen LogP contribution in [-0.4, -0.2) is 40.9 Å². The minimum atomic E-state index is -3.36. The van der Waals surface area contributed by atoms with Crippen LogP contribution >= 0.6 is 15.9 Å². The molecule has 1 fully saturated rings. The van der Waals surface area contributed by atoms with Crippen molar-refractivity contribution < 1.29 is 8.42 Å². The number of piperidine rings is 1. The summed E-state index contributed by atoms with van der Waals surface area (Å²) in [5, 5.41) is 4.77. The van der Waals surface area contributed by atoms with E-state index in [1.807, 2.05) is 0 Å². The van der Waals surface area contributed by atoms with E-state index in [1.54, 1.807) is 17.5 Å². The Hall–Kier alpha value is -0.400. The van der Waals surface area contributed by atoms with Gasteiger partial charge < -0.3 is 0 Å². The molecule has 1 saturated heterocycles. The Bertz CT molecular complexity index is 485. The Morgan fingerprint density at radius 3 is 2.94 bits per heavy atom. The zero-order valence-corrected chi connectivity index (χ0v) is 12.1. The van der Waals surface area contributed by atoms with Gasteiger partial charge in [-0.3, -0.25) is 4.68 Å². The summed E-state index contributed by atoms with van der Waals surface area (Å²) in [6, 6.07) is 0. The van der Waals surface area contributed by atoms with Crippen molar-refractivity contribution in [2.75, 3.05) is 18.4 Å². The molecule has 7 heteroatoms. The number of hydrogen-bond donors (Lipinski definition) is 0. The molecule has 1 atom stereocenters. The van der Waals surface area contributed by atoms with E-state index < -0.39 is 10.0 Å². The molecule has 1 aliphatic heterocycles. The van der Waals surface area contributed by atoms with E-state index in [2.05, 4.69) is 21.0 Å². The van der Waals surface area contributed by atoms with Gasteiger partial charge in [-0.05, 0) is 18.8 Å². The van der Waals surface area contributed by atoms with Crippen LogP contribution in [0.15, 0.2) is 17.3 Å². The average molecular weight is 322 g/mol. The number of alkyl halides is 1. The molecule has 1 aliphatic rings. The quantitative estimate of drug-likeness (QED) is 0.786. The second kappa shape index (κ2) is 5.07. The molecular formula is C10H16BrN3O2S. The lowest BCUT2D eigenvalue weighted by Crippen LogP contribution is -2.40. The summed E-state index contributed by atoms with van der Waals surface area (Å²) < 4.78 is 27.7. The summed E-state index contributed by atoms with van der Waals surface area (Å²) in [6.45, 7) is 1.21. The second-order valence-corrected chi connectivity index (χ2v) is 6.96. The number of hydrogen-bond acceptors (Lipinski definition) is 3. The zero-order chi connectivity index (χ0) is 12.5. The third-order valence-corrected chi connectivity index (χ3v) is 5.75. The first-order valence-electron chi connectivity index (χ1n) is 5.59. The summed E-state index contributed by atoms with van der Waals surface area (Å²) in [4.78, 5) is 0.287. The van der Waals surface area contributed by atoms with E-state index in [0.29, 0.717) is 19.0 Å². The number of aryl methyl sites for hydroxylation is 1. The standard InChI is InChI=1S/C10H16BrN3O2S/c1-13-8-10(6-12-13)17(15,16)14-4-2-3-9(5-11)7-14/h6,8-9H,2-5,7H2,1H3. The van der Waals surface area contributed by atoms with Crippen LogP contribution in [-0.2, 0) is 17.1 Å². The van der Waals surface area contributed by atoms with Crippen molar-refractivity contribution in [1.29, 1.82) is 0 Å². The number of rotatable bonds is 3. The molecule has 0 aliphatic carbocycles. The molecule has 0 bridgehead atoms. The highest BCUT2D eigenvalue weighted by Crippen LogP contribution is 2.24. The Morgan fingerprint density at radius 2 is 2.35 bits per heavy atom. The topological polar surface area (TPSA) is 55.2 Å². The van der Waals surface area contributed by atoms with E-state index >= 15 is 0 Å². The number of sulfonamides is 1. The van der Waals surface area contributed by atoms with Crippen LogP contribution in [0, 0.1) is 5.92 Å².